The summed E-state index contributed by atoms with van der Waals surface area (Å²) in [6, 6.07) is 13.8. The van der Waals surface area contributed by atoms with Crippen LogP contribution in [0.1, 0.15) is 33.6 Å². The number of carbonyl (C=O) groups is 3. The number of benzene rings is 2. The summed E-state index contributed by atoms with van der Waals surface area (Å²) in [6.45, 7) is 0. The van der Waals surface area contributed by atoms with Gasteiger partial charge in [-0.2, -0.15) is 0 Å². The van der Waals surface area contributed by atoms with E-state index in [1.54, 1.807) is 36.4 Å². The van der Waals surface area contributed by atoms with Gasteiger partial charge < -0.3 is 16.4 Å². The lowest BCUT2D eigenvalue weighted by Crippen LogP contribution is -2.27. The van der Waals surface area contributed by atoms with Gasteiger partial charge in [0.05, 0.1) is 11.3 Å². The molecule has 0 atom stereocenters. The fourth-order valence-electron chi connectivity index (χ4n) is 2.34. The molecule has 4 N–H and O–H groups in total. The van der Waals surface area contributed by atoms with Gasteiger partial charge in [0.1, 0.15) is 0 Å². The largest absolute Gasteiger partial charge is 0.366 e. The first kappa shape index (κ1) is 18.0. The maximum atomic E-state index is 12.6. The van der Waals surface area contributed by atoms with Crippen LogP contribution in [0.15, 0.2) is 53.4 Å². The minimum absolute atomic E-state index is 0.0187. The molecule has 2 aromatic rings. The number of thioether (sulfide) groups is 1. The highest BCUT2D eigenvalue weighted by Gasteiger charge is 2.23. The fourth-order valence-corrected chi connectivity index (χ4v) is 3.20. The monoisotopic (exact) mass is 369 g/mol. The summed E-state index contributed by atoms with van der Waals surface area (Å²) in [7, 11) is 0. The number of carbonyl (C=O) groups excluding carboxylic acids is 3. The van der Waals surface area contributed by atoms with Crippen LogP contribution in [0.2, 0.25) is 0 Å². The summed E-state index contributed by atoms with van der Waals surface area (Å²) < 4.78 is 0. The first-order valence-corrected chi connectivity index (χ1v) is 9.24. The molecule has 0 spiro atoms. The van der Waals surface area contributed by atoms with Crippen molar-refractivity contribution >= 4 is 35.2 Å². The predicted octanol–water partition coefficient (Wildman–Crippen LogP) is 2.41. The SMILES string of the molecule is NC(=O)c1ccc(NC(=O)c2ccccc2SCC(=O)NC2CC2)cc1. The number of anilines is 1. The zero-order valence-corrected chi connectivity index (χ0v) is 14.8. The van der Waals surface area contributed by atoms with Crippen molar-refractivity contribution in [1.29, 1.82) is 0 Å². The zero-order valence-electron chi connectivity index (χ0n) is 14.0. The van der Waals surface area contributed by atoms with E-state index >= 15 is 0 Å². The Hall–Kier alpha value is -2.80. The number of nitrogens with one attached hydrogen (secondary N) is 2. The lowest BCUT2D eigenvalue weighted by molar-refractivity contribution is -0.118. The first-order valence-electron chi connectivity index (χ1n) is 8.25. The Bertz CT molecular complexity index is 832. The van der Waals surface area contributed by atoms with Crippen molar-refractivity contribution in [2.75, 3.05) is 11.1 Å². The second kappa shape index (κ2) is 8.05. The van der Waals surface area contributed by atoms with E-state index in [-0.39, 0.29) is 17.6 Å². The second-order valence-electron chi connectivity index (χ2n) is 6.02. The molecule has 0 radical (unpaired) electrons. The highest BCUT2D eigenvalue weighted by Crippen LogP contribution is 2.24. The van der Waals surface area contributed by atoms with Gasteiger partial charge in [0.15, 0.2) is 0 Å². The molecule has 1 saturated carbocycles. The van der Waals surface area contributed by atoms with Crippen LogP contribution in [0.25, 0.3) is 0 Å². The molecule has 1 aliphatic rings. The number of rotatable bonds is 7. The lowest BCUT2D eigenvalue weighted by atomic mass is 10.1. The molecule has 3 rings (SSSR count). The summed E-state index contributed by atoms with van der Waals surface area (Å²) in [4.78, 5) is 36.3. The molecular weight excluding hydrogens is 350 g/mol. The van der Waals surface area contributed by atoms with Crippen molar-refractivity contribution in [1.82, 2.24) is 5.32 Å². The van der Waals surface area contributed by atoms with Gasteiger partial charge in [-0.05, 0) is 49.2 Å². The van der Waals surface area contributed by atoms with E-state index in [1.807, 2.05) is 12.1 Å². The van der Waals surface area contributed by atoms with Crippen LogP contribution in [0.5, 0.6) is 0 Å². The molecule has 0 aromatic heterocycles. The van der Waals surface area contributed by atoms with Crippen LogP contribution in [-0.4, -0.2) is 29.5 Å². The van der Waals surface area contributed by atoms with Crippen molar-refractivity contribution < 1.29 is 14.4 Å². The minimum Gasteiger partial charge on any atom is -0.366 e. The third-order valence-corrected chi connectivity index (χ3v) is 4.93. The van der Waals surface area contributed by atoms with Crippen LogP contribution in [-0.2, 0) is 4.79 Å². The Morgan fingerprint density at radius 1 is 1.04 bits per heavy atom. The highest BCUT2D eigenvalue weighted by molar-refractivity contribution is 8.00. The van der Waals surface area contributed by atoms with Gasteiger partial charge in [0.25, 0.3) is 5.91 Å². The summed E-state index contributed by atoms with van der Waals surface area (Å²) in [5.74, 6) is -0.542. The molecule has 7 heteroatoms. The Labute approximate surface area is 155 Å². The number of primary amides is 1. The molecule has 1 fully saturated rings. The molecular formula is C19H19N3O3S. The van der Waals surface area contributed by atoms with Crippen LogP contribution >= 0.6 is 11.8 Å². The van der Waals surface area contributed by atoms with Gasteiger partial charge >= 0.3 is 0 Å². The van der Waals surface area contributed by atoms with E-state index in [4.69, 9.17) is 5.73 Å². The van der Waals surface area contributed by atoms with Crippen LogP contribution in [0.4, 0.5) is 5.69 Å². The van der Waals surface area contributed by atoms with Crippen molar-refractivity contribution in [3.63, 3.8) is 0 Å². The summed E-state index contributed by atoms with van der Waals surface area (Å²) >= 11 is 1.34. The molecule has 3 amide bonds. The van der Waals surface area contributed by atoms with Gasteiger partial charge in [-0.25, -0.2) is 0 Å². The number of hydrogen-bond donors (Lipinski definition) is 3. The lowest BCUT2D eigenvalue weighted by Gasteiger charge is -2.10. The summed E-state index contributed by atoms with van der Waals surface area (Å²) in [6.07, 6.45) is 2.09. The Kier molecular flexibility index (Phi) is 5.58. The fraction of sp³-hybridized carbons (Fsp3) is 0.211. The van der Waals surface area contributed by atoms with Crippen molar-refractivity contribution in [3.05, 3.63) is 59.7 Å². The molecule has 0 aliphatic heterocycles. The van der Waals surface area contributed by atoms with Gasteiger partial charge in [-0.3, -0.25) is 14.4 Å². The zero-order chi connectivity index (χ0) is 18.5. The molecule has 134 valence electrons. The number of nitrogens with two attached hydrogens (primary N) is 1. The van der Waals surface area contributed by atoms with Gasteiger partial charge in [0, 0.05) is 22.2 Å². The topological polar surface area (TPSA) is 101 Å². The van der Waals surface area contributed by atoms with E-state index in [0.717, 1.165) is 17.7 Å². The van der Waals surface area contributed by atoms with Gasteiger partial charge in [0.2, 0.25) is 11.8 Å². The second-order valence-corrected chi connectivity index (χ2v) is 7.04. The average Bonchev–Trinajstić information content (AvgIpc) is 3.44. The standard InChI is InChI=1S/C19H19N3O3S/c20-18(24)12-5-7-14(8-6-12)22-19(25)15-3-1-2-4-16(15)26-11-17(23)21-13-9-10-13/h1-8,13H,9-11H2,(H2,20,24)(H,21,23)(H,22,25). The molecule has 0 bridgehead atoms. The third-order valence-electron chi connectivity index (χ3n) is 3.86. The Balaban J connectivity index is 1.64. The van der Waals surface area contributed by atoms with Crippen molar-refractivity contribution in [3.8, 4) is 0 Å². The smallest absolute Gasteiger partial charge is 0.256 e. The van der Waals surface area contributed by atoms with E-state index in [2.05, 4.69) is 10.6 Å². The Morgan fingerprint density at radius 2 is 1.73 bits per heavy atom. The number of hydrogen-bond acceptors (Lipinski definition) is 4. The molecule has 2 aromatic carbocycles. The van der Waals surface area contributed by atoms with E-state index < -0.39 is 5.91 Å². The Morgan fingerprint density at radius 3 is 2.38 bits per heavy atom. The molecule has 0 heterocycles. The van der Waals surface area contributed by atoms with Crippen LogP contribution in [0.3, 0.4) is 0 Å². The summed E-state index contributed by atoms with van der Waals surface area (Å²) in [5, 5.41) is 5.72. The molecule has 26 heavy (non-hydrogen) atoms. The molecule has 0 saturated heterocycles. The van der Waals surface area contributed by atoms with Gasteiger partial charge in [-0.15, -0.1) is 11.8 Å². The van der Waals surface area contributed by atoms with Crippen LogP contribution < -0.4 is 16.4 Å². The normalized spacial score (nSPS) is 13.1. The highest BCUT2D eigenvalue weighted by atomic mass is 32.2. The van der Waals surface area contributed by atoms with E-state index in [1.165, 1.54) is 11.8 Å². The predicted molar refractivity (Wildman–Crippen MR) is 101 cm³/mol. The van der Waals surface area contributed by atoms with Crippen molar-refractivity contribution in [2.24, 2.45) is 5.73 Å². The first-order chi connectivity index (χ1) is 12.5. The molecule has 1 aliphatic carbocycles. The van der Waals surface area contributed by atoms with E-state index in [9.17, 15) is 14.4 Å². The molecule has 6 nitrogen and oxygen atoms in total. The third kappa shape index (κ3) is 4.86. The maximum Gasteiger partial charge on any atom is 0.256 e. The number of amides is 3. The average molecular weight is 369 g/mol. The quantitative estimate of drug-likeness (QED) is 0.652. The van der Waals surface area contributed by atoms with E-state index in [0.29, 0.717) is 22.9 Å². The maximum absolute atomic E-state index is 12.6. The van der Waals surface area contributed by atoms with Crippen LogP contribution in [0, 0.1) is 0 Å². The minimum atomic E-state index is -0.519. The molecule has 0 unspecified atom stereocenters. The van der Waals surface area contributed by atoms with Crippen molar-refractivity contribution in [2.45, 2.75) is 23.8 Å². The summed E-state index contributed by atoms with van der Waals surface area (Å²) in [5.41, 5.74) is 6.64. The van der Waals surface area contributed by atoms with Gasteiger partial charge in [-0.1, -0.05) is 12.1 Å².